The minimum Gasteiger partial charge on any atom is -0.293 e. The zero-order chi connectivity index (χ0) is 11.9. The van der Waals surface area contributed by atoms with Crippen molar-refractivity contribution in [1.29, 1.82) is 0 Å². The fourth-order valence-corrected chi connectivity index (χ4v) is 2.25. The summed E-state index contributed by atoms with van der Waals surface area (Å²) >= 11 is 0. The lowest BCUT2D eigenvalue weighted by molar-refractivity contribution is 0.0998. The van der Waals surface area contributed by atoms with E-state index < -0.39 is 0 Å². The van der Waals surface area contributed by atoms with Crippen LogP contribution < -0.4 is 0 Å². The van der Waals surface area contributed by atoms with E-state index in [-0.39, 0.29) is 5.78 Å². The average Bonchev–Trinajstić information content (AvgIpc) is 2.41. The summed E-state index contributed by atoms with van der Waals surface area (Å²) in [6.07, 6.45) is 6.73. The van der Waals surface area contributed by atoms with Crippen LogP contribution in [0.2, 0.25) is 0 Å². The predicted octanol–water partition coefficient (Wildman–Crippen LogP) is 3.84. The third-order valence-electron chi connectivity index (χ3n) is 3.26. The van der Waals surface area contributed by atoms with Crippen LogP contribution in [-0.2, 0) is 0 Å². The van der Waals surface area contributed by atoms with E-state index in [1.807, 2.05) is 30.3 Å². The lowest BCUT2D eigenvalue weighted by Crippen LogP contribution is -2.03. The number of hydrogen-bond donors (Lipinski definition) is 0. The van der Waals surface area contributed by atoms with Crippen molar-refractivity contribution < 1.29 is 4.79 Å². The van der Waals surface area contributed by atoms with Gasteiger partial charge in [0.05, 0.1) is 6.42 Å². The number of carbonyl (C=O) groups excluding carboxylic acids is 1. The van der Waals surface area contributed by atoms with Gasteiger partial charge in [-0.1, -0.05) is 61.4 Å². The molecule has 1 saturated carbocycles. The molecular formula is C16H18O. The number of Topliss-reactive ketones (excluding diaryl/α,β-unsaturated/α-hetero) is 1. The molecule has 1 nitrogen and oxygen atoms in total. The van der Waals surface area contributed by atoms with E-state index in [2.05, 4.69) is 11.8 Å². The summed E-state index contributed by atoms with van der Waals surface area (Å²) in [5.41, 5.74) is 0.769. The third kappa shape index (κ3) is 3.75. The minimum atomic E-state index is 0.133. The van der Waals surface area contributed by atoms with E-state index in [9.17, 15) is 4.79 Å². The van der Waals surface area contributed by atoms with E-state index in [1.54, 1.807) is 0 Å². The van der Waals surface area contributed by atoms with Gasteiger partial charge in [0.15, 0.2) is 5.78 Å². The third-order valence-corrected chi connectivity index (χ3v) is 3.26. The Morgan fingerprint density at radius 2 is 1.82 bits per heavy atom. The molecule has 0 aliphatic heterocycles. The Labute approximate surface area is 103 Å². The first-order valence-corrected chi connectivity index (χ1v) is 6.43. The summed E-state index contributed by atoms with van der Waals surface area (Å²) in [4.78, 5) is 11.8. The fourth-order valence-electron chi connectivity index (χ4n) is 2.25. The lowest BCUT2D eigenvalue weighted by Gasteiger charge is -2.15. The minimum absolute atomic E-state index is 0.133. The average molecular weight is 226 g/mol. The van der Waals surface area contributed by atoms with Crippen LogP contribution in [0.25, 0.3) is 0 Å². The molecule has 88 valence electrons. The first-order valence-electron chi connectivity index (χ1n) is 6.43. The molecule has 17 heavy (non-hydrogen) atoms. The van der Waals surface area contributed by atoms with Crippen molar-refractivity contribution in [2.45, 2.75) is 38.5 Å². The molecule has 0 N–H and O–H groups in total. The normalized spacial score (nSPS) is 16.0. The van der Waals surface area contributed by atoms with Gasteiger partial charge in [-0.2, -0.15) is 0 Å². The predicted molar refractivity (Wildman–Crippen MR) is 69.7 cm³/mol. The number of rotatable bonds is 2. The Bertz CT molecular complexity index is 416. The Hall–Kier alpha value is -1.55. The second-order valence-electron chi connectivity index (χ2n) is 4.62. The van der Waals surface area contributed by atoms with Crippen LogP contribution in [0.5, 0.6) is 0 Å². The smallest absolute Gasteiger partial charge is 0.174 e. The van der Waals surface area contributed by atoms with Gasteiger partial charge >= 0.3 is 0 Å². The van der Waals surface area contributed by atoms with Gasteiger partial charge in [0, 0.05) is 11.5 Å². The zero-order valence-electron chi connectivity index (χ0n) is 10.1. The zero-order valence-corrected chi connectivity index (χ0v) is 10.1. The van der Waals surface area contributed by atoms with E-state index >= 15 is 0 Å². The monoisotopic (exact) mass is 226 g/mol. The van der Waals surface area contributed by atoms with Crippen LogP contribution in [0.1, 0.15) is 48.9 Å². The maximum absolute atomic E-state index is 11.8. The summed E-state index contributed by atoms with van der Waals surface area (Å²) in [6, 6.07) is 9.41. The molecule has 0 saturated heterocycles. The first-order chi connectivity index (χ1) is 8.36. The highest BCUT2D eigenvalue weighted by Crippen LogP contribution is 2.22. The number of carbonyl (C=O) groups is 1. The molecule has 0 radical (unpaired) electrons. The van der Waals surface area contributed by atoms with E-state index in [4.69, 9.17) is 0 Å². The summed E-state index contributed by atoms with van der Waals surface area (Å²) < 4.78 is 0. The lowest BCUT2D eigenvalue weighted by atomic mass is 9.90. The van der Waals surface area contributed by atoms with Crippen molar-refractivity contribution in [2.24, 2.45) is 5.92 Å². The summed E-state index contributed by atoms with van der Waals surface area (Å²) in [6.45, 7) is 0. The van der Waals surface area contributed by atoms with Crippen LogP contribution in [0.3, 0.4) is 0 Å². The van der Waals surface area contributed by atoms with Gasteiger partial charge in [-0.3, -0.25) is 4.79 Å². The molecule has 1 aliphatic rings. The molecule has 0 amide bonds. The van der Waals surface area contributed by atoms with Crippen molar-refractivity contribution in [3.8, 4) is 11.8 Å². The SMILES string of the molecule is O=C(CC#CC1CCCCC1)c1ccccc1. The number of ketones is 1. The molecule has 1 fully saturated rings. The van der Waals surface area contributed by atoms with Gasteiger partial charge in [-0.25, -0.2) is 0 Å². The first kappa shape index (κ1) is 11.9. The summed E-state index contributed by atoms with van der Waals surface area (Å²) in [7, 11) is 0. The van der Waals surface area contributed by atoms with E-state index in [0.29, 0.717) is 12.3 Å². The fraction of sp³-hybridized carbons (Fsp3) is 0.438. The molecule has 1 heteroatoms. The Morgan fingerprint density at radius 1 is 1.12 bits per heavy atom. The second kappa shape index (κ2) is 6.25. The molecule has 0 spiro atoms. The molecule has 1 aromatic carbocycles. The molecular weight excluding hydrogens is 208 g/mol. The molecule has 0 unspecified atom stereocenters. The van der Waals surface area contributed by atoms with Crippen molar-refractivity contribution in [3.63, 3.8) is 0 Å². The largest absolute Gasteiger partial charge is 0.293 e. The molecule has 0 aromatic heterocycles. The van der Waals surface area contributed by atoms with Gasteiger partial charge in [0.25, 0.3) is 0 Å². The van der Waals surface area contributed by atoms with Gasteiger partial charge in [-0.15, -0.1) is 0 Å². The second-order valence-corrected chi connectivity index (χ2v) is 4.62. The van der Waals surface area contributed by atoms with Crippen LogP contribution in [0.4, 0.5) is 0 Å². The standard InChI is InChI=1S/C16H18O/c17-16(15-11-5-2-6-12-15)13-7-10-14-8-3-1-4-9-14/h2,5-6,11-12,14H,1,3-4,8-9,13H2. The van der Waals surface area contributed by atoms with Gasteiger partial charge in [0.1, 0.15) is 0 Å². The quantitative estimate of drug-likeness (QED) is 0.553. The van der Waals surface area contributed by atoms with Crippen molar-refractivity contribution >= 4 is 5.78 Å². The van der Waals surface area contributed by atoms with Crippen molar-refractivity contribution in [2.75, 3.05) is 0 Å². The highest BCUT2D eigenvalue weighted by Gasteiger charge is 2.10. The Balaban J connectivity index is 1.86. The molecule has 0 heterocycles. The maximum atomic E-state index is 11.8. The number of hydrogen-bond acceptors (Lipinski definition) is 1. The summed E-state index contributed by atoms with van der Waals surface area (Å²) in [5, 5.41) is 0. The van der Waals surface area contributed by atoms with E-state index in [1.165, 1.54) is 32.1 Å². The van der Waals surface area contributed by atoms with Gasteiger partial charge < -0.3 is 0 Å². The van der Waals surface area contributed by atoms with Crippen molar-refractivity contribution in [1.82, 2.24) is 0 Å². The van der Waals surface area contributed by atoms with Crippen LogP contribution in [0, 0.1) is 17.8 Å². The van der Waals surface area contributed by atoms with Gasteiger partial charge in [0.2, 0.25) is 0 Å². The van der Waals surface area contributed by atoms with Crippen LogP contribution in [0.15, 0.2) is 30.3 Å². The molecule has 2 rings (SSSR count). The molecule has 0 atom stereocenters. The number of benzene rings is 1. The maximum Gasteiger partial charge on any atom is 0.174 e. The van der Waals surface area contributed by atoms with Crippen LogP contribution >= 0.6 is 0 Å². The molecule has 1 aromatic rings. The van der Waals surface area contributed by atoms with E-state index in [0.717, 1.165) is 5.56 Å². The van der Waals surface area contributed by atoms with Crippen molar-refractivity contribution in [3.05, 3.63) is 35.9 Å². The Kier molecular flexibility index (Phi) is 4.38. The van der Waals surface area contributed by atoms with Crippen LogP contribution in [-0.4, -0.2) is 5.78 Å². The highest BCUT2D eigenvalue weighted by molar-refractivity contribution is 5.97. The Morgan fingerprint density at radius 3 is 2.53 bits per heavy atom. The molecule has 1 aliphatic carbocycles. The highest BCUT2D eigenvalue weighted by atomic mass is 16.1. The summed E-state index contributed by atoms with van der Waals surface area (Å²) in [5.74, 6) is 6.97. The topological polar surface area (TPSA) is 17.1 Å². The van der Waals surface area contributed by atoms with Gasteiger partial charge in [-0.05, 0) is 12.8 Å². The molecule has 0 bridgehead atoms.